The van der Waals surface area contributed by atoms with Crippen LogP contribution in [-0.2, 0) is 6.54 Å². The predicted octanol–water partition coefficient (Wildman–Crippen LogP) is 2.91. The van der Waals surface area contributed by atoms with E-state index in [-0.39, 0.29) is 0 Å². The standard InChI is InChI=1S/C21H25N5O/c1-22-21(23-13-18-15-25-11-4-3-5-20(25)24-18)26-12-10-17(14-26)16-6-8-19(27-2)9-7-16/h3-9,11,15,17H,10,12-14H2,1-2H3,(H,22,23). The summed E-state index contributed by atoms with van der Waals surface area (Å²) in [6, 6.07) is 14.4. The number of nitrogens with one attached hydrogen (secondary N) is 1. The van der Waals surface area contributed by atoms with Gasteiger partial charge in [0.1, 0.15) is 11.4 Å². The lowest BCUT2D eigenvalue weighted by molar-refractivity contribution is 0.414. The van der Waals surface area contributed by atoms with Gasteiger partial charge in [-0.3, -0.25) is 4.99 Å². The van der Waals surface area contributed by atoms with Crippen molar-refractivity contribution in [2.75, 3.05) is 27.2 Å². The Kier molecular flexibility index (Phi) is 4.96. The van der Waals surface area contributed by atoms with E-state index >= 15 is 0 Å². The summed E-state index contributed by atoms with van der Waals surface area (Å²) in [6.07, 6.45) is 5.20. The number of aromatic nitrogens is 2. The average Bonchev–Trinajstić information content (AvgIpc) is 3.35. The van der Waals surface area contributed by atoms with E-state index in [1.807, 2.05) is 48.0 Å². The minimum absolute atomic E-state index is 0.518. The second kappa shape index (κ2) is 7.70. The summed E-state index contributed by atoms with van der Waals surface area (Å²) in [5.41, 5.74) is 3.33. The summed E-state index contributed by atoms with van der Waals surface area (Å²) in [6.45, 7) is 2.64. The van der Waals surface area contributed by atoms with E-state index in [1.165, 1.54) is 5.56 Å². The van der Waals surface area contributed by atoms with Crippen molar-refractivity contribution in [2.45, 2.75) is 18.9 Å². The smallest absolute Gasteiger partial charge is 0.193 e. The van der Waals surface area contributed by atoms with Gasteiger partial charge in [-0.15, -0.1) is 0 Å². The maximum Gasteiger partial charge on any atom is 0.193 e. The van der Waals surface area contributed by atoms with Gasteiger partial charge in [0.05, 0.1) is 19.3 Å². The molecule has 3 aromatic rings. The number of nitrogens with zero attached hydrogens (tertiary/aromatic N) is 4. The number of likely N-dealkylation sites (tertiary alicyclic amines) is 1. The minimum atomic E-state index is 0.518. The van der Waals surface area contributed by atoms with Crippen molar-refractivity contribution in [2.24, 2.45) is 4.99 Å². The fraction of sp³-hybridized carbons (Fsp3) is 0.333. The Morgan fingerprint density at radius 3 is 2.85 bits per heavy atom. The highest BCUT2D eigenvalue weighted by Crippen LogP contribution is 2.28. The zero-order valence-electron chi connectivity index (χ0n) is 15.8. The number of imidazole rings is 1. The van der Waals surface area contributed by atoms with Crippen molar-refractivity contribution < 1.29 is 4.74 Å². The van der Waals surface area contributed by atoms with Crippen molar-refractivity contribution in [3.05, 3.63) is 66.1 Å². The molecule has 2 aromatic heterocycles. The first kappa shape index (κ1) is 17.4. The number of hydrogen-bond acceptors (Lipinski definition) is 3. The molecule has 1 fully saturated rings. The van der Waals surface area contributed by atoms with E-state index in [4.69, 9.17) is 4.74 Å². The molecule has 0 bridgehead atoms. The summed E-state index contributed by atoms with van der Waals surface area (Å²) in [5.74, 6) is 2.35. The van der Waals surface area contributed by atoms with Gasteiger partial charge in [-0.25, -0.2) is 4.98 Å². The van der Waals surface area contributed by atoms with Crippen LogP contribution in [0.2, 0.25) is 0 Å². The second-order valence-corrected chi connectivity index (χ2v) is 6.80. The fourth-order valence-electron chi connectivity index (χ4n) is 3.68. The monoisotopic (exact) mass is 363 g/mol. The lowest BCUT2D eigenvalue weighted by Crippen LogP contribution is -2.39. The zero-order chi connectivity index (χ0) is 18.6. The molecule has 0 amide bonds. The summed E-state index contributed by atoms with van der Waals surface area (Å²) >= 11 is 0. The molecule has 4 rings (SSSR count). The Balaban J connectivity index is 1.38. The van der Waals surface area contributed by atoms with Crippen molar-refractivity contribution >= 4 is 11.6 Å². The molecular weight excluding hydrogens is 338 g/mol. The number of ether oxygens (including phenoxy) is 1. The molecule has 6 nitrogen and oxygen atoms in total. The third-order valence-electron chi connectivity index (χ3n) is 5.13. The second-order valence-electron chi connectivity index (χ2n) is 6.80. The van der Waals surface area contributed by atoms with Gasteiger partial charge in [-0.05, 0) is 36.2 Å². The number of methoxy groups -OCH3 is 1. The van der Waals surface area contributed by atoms with Crippen molar-refractivity contribution in [3.63, 3.8) is 0 Å². The van der Waals surface area contributed by atoms with E-state index in [9.17, 15) is 0 Å². The van der Waals surface area contributed by atoms with Gasteiger partial charge in [0.15, 0.2) is 5.96 Å². The summed E-state index contributed by atoms with van der Waals surface area (Å²) in [4.78, 5) is 11.4. The van der Waals surface area contributed by atoms with Crippen LogP contribution in [0, 0.1) is 0 Å². The van der Waals surface area contributed by atoms with Crippen LogP contribution in [0.5, 0.6) is 5.75 Å². The Labute approximate surface area is 159 Å². The van der Waals surface area contributed by atoms with Crippen LogP contribution < -0.4 is 10.1 Å². The van der Waals surface area contributed by atoms with E-state index in [0.29, 0.717) is 12.5 Å². The quantitative estimate of drug-likeness (QED) is 0.572. The number of pyridine rings is 1. The normalized spacial score (nSPS) is 17.5. The maximum absolute atomic E-state index is 5.26. The lowest BCUT2D eigenvalue weighted by atomic mass is 9.98. The third-order valence-corrected chi connectivity index (χ3v) is 5.13. The van der Waals surface area contributed by atoms with Crippen LogP contribution in [0.25, 0.3) is 5.65 Å². The molecule has 0 aliphatic carbocycles. The van der Waals surface area contributed by atoms with Gasteiger partial charge >= 0.3 is 0 Å². The molecule has 140 valence electrons. The Morgan fingerprint density at radius 1 is 1.26 bits per heavy atom. The van der Waals surface area contributed by atoms with Crippen molar-refractivity contribution in [3.8, 4) is 5.75 Å². The highest BCUT2D eigenvalue weighted by atomic mass is 16.5. The molecule has 0 radical (unpaired) electrons. The maximum atomic E-state index is 5.26. The summed E-state index contributed by atoms with van der Waals surface area (Å²) in [5, 5.41) is 3.46. The molecule has 1 aliphatic rings. The Morgan fingerprint density at radius 2 is 2.11 bits per heavy atom. The van der Waals surface area contributed by atoms with E-state index in [0.717, 1.165) is 42.6 Å². The molecule has 0 saturated carbocycles. The molecular formula is C21H25N5O. The van der Waals surface area contributed by atoms with Gasteiger partial charge < -0.3 is 19.4 Å². The number of hydrogen-bond donors (Lipinski definition) is 1. The van der Waals surface area contributed by atoms with Gasteiger partial charge in [0.2, 0.25) is 0 Å². The van der Waals surface area contributed by atoms with Crippen molar-refractivity contribution in [1.82, 2.24) is 19.6 Å². The highest BCUT2D eigenvalue weighted by Gasteiger charge is 2.26. The van der Waals surface area contributed by atoms with Gasteiger partial charge in [-0.2, -0.15) is 0 Å². The fourth-order valence-corrected chi connectivity index (χ4v) is 3.68. The molecule has 0 spiro atoms. The molecule has 3 heterocycles. The van der Waals surface area contributed by atoms with E-state index < -0.39 is 0 Å². The largest absolute Gasteiger partial charge is 0.497 e. The first-order valence-electron chi connectivity index (χ1n) is 9.29. The lowest BCUT2D eigenvalue weighted by Gasteiger charge is -2.21. The zero-order valence-corrected chi connectivity index (χ0v) is 15.8. The van der Waals surface area contributed by atoms with Gasteiger partial charge in [0, 0.05) is 38.4 Å². The molecule has 6 heteroatoms. The van der Waals surface area contributed by atoms with Gasteiger partial charge in [0.25, 0.3) is 0 Å². The summed E-state index contributed by atoms with van der Waals surface area (Å²) in [7, 11) is 3.54. The molecule has 27 heavy (non-hydrogen) atoms. The van der Waals surface area contributed by atoms with Crippen LogP contribution in [0.15, 0.2) is 59.9 Å². The topological polar surface area (TPSA) is 54.2 Å². The number of guanidine groups is 1. The molecule has 1 atom stereocenters. The van der Waals surface area contributed by atoms with Gasteiger partial charge in [-0.1, -0.05) is 18.2 Å². The van der Waals surface area contributed by atoms with Crippen LogP contribution in [-0.4, -0.2) is 47.5 Å². The molecule has 1 N–H and O–H groups in total. The van der Waals surface area contributed by atoms with Crippen molar-refractivity contribution in [1.29, 1.82) is 0 Å². The highest BCUT2D eigenvalue weighted by molar-refractivity contribution is 5.80. The van der Waals surface area contributed by atoms with Crippen LogP contribution in [0.3, 0.4) is 0 Å². The first-order chi connectivity index (χ1) is 13.3. The number of fused-ring (bicyclic) bond motifs is 1. The molecule has 1 aliphatic heterocycles. The molecule has 1 aromatic carbocycles. The molecule has 1 saturated heterocycles. The third kappa shape index (κ3) is 3.74. The number of rotatable bonds is 4. The van der Waals surface area contributed by atoms with E-state index in [1.54, 1.807) is 7.11 Å². The summed E-state index contributed by atoms with van der Waals surface area (Å²) < 4.78 is 7.29. The van der Waals surface area contributed by atoms with Crippen LogP contribution in [0.4, 0.5) is 0 Å². The minimum Gasteiger partial charge on any atom is -0.497 e. The Bertz CT molecular complexity index is 898. The molecule has 1 unspecified atom stereocenters. The number of benzene rings is 1. The first-order valence-corrected chi connectivity index (χ1v) is 9.29. The Hall–Kier alpha value is -3.02. The SMILES string of the molecule is CN=C(NCc1cn2ccccc2n1)N1CCC(c2ccc(OC)cc2)C1. The van der Waals surface area contributed by atoms with E-state index in [2.05, 4.69) is 38.5 Å². The number of aliphatic imine (C=N–C) groups is 1. The van der Waals surface area contributed by atoms with Crippen LogP contribution >= 0.6 is 0 Å². The average molecular weight is 363 g/mol. The van der Waals surface area contributed by atoms with Crippen LogP contribution in [0.1, 0.15) is 23.6 Å². The predicted molar refractivity (Wildman–Crippen MR) is 107 cm³/mol.